The van der Waals surface area contributed by atoms with Crippen molar-refractivity contribution in [1.82, 2.24) is 14.5 Å². The van der Waals surface area contributed by atoms with Crippen molar-refractivity contribution in [3.05, 3.63) is 25.3 Å². The van der Waals surface area contributed by atoms with Crippen molar-refractivity contribution in [1.29, 1.82) is 0 Å². The van der Waals surface area contributed by atoms with Crippen LogP contribution >= 0.6 is 34.2 Å². The van der Waals surface area contributed by atoms with Gasteiger partial charge in [0.05, 0.1) is 8.59 Å². The highest BCUT2D eigenvalue weighted by atomic mass is 127. The van der Waals surface area contributed by atoms with Crippen molar-refractivity contribution in [3.63, 3.8) is 0 Å². The van der Waals surface area contributed by atoms with E-state index in [4.69, 9.17) is 16.7 Å². The Labute approximate surface area is 110 Å². The Hall–Kier alpha value is -0.600. The molecule has 0 amide bonds. The van der Waals surface area contributed by atoms with Crippen molar-refractivity contribution >= 4 is 45.4 Å². The predicted octanol–water partition coefficient (Wildman–Crippen LogP) is 1.36. The molecule has 2 aromatic heterocycles. The van der Waals surface area contributed by atoms with E-state index in [0.717, 1.165) is 3.57 Å². The Morgan fingerprint density at radius 1 is 1.62 bits per heavy atom. The first-order chi connectivity index (χ1) is 7.65. The monoisotopic (exact) mass is 353 g/mol. The van der Waals surface area contributed by atoms with Gasteiger partial charge in [-0.15, -0.1) is 0 Å². The minimum Gasteiger partial charge on any atom is -0.396 e. The number of pyridine rings is 1. The van der Waals surface area contributed by atoms with E-state index in [0.29, 0.717) is 29.2 Å². The molecule has 0 aliphatic heterocycles. The molecular formula is C9H9ClIN3O2. The molecule has 0 aliphatic rings. The van der Waals surface area contributed by atoms with Gasteiger partial charge in [-0.2, -0.15) is 0 Å². The number of aliphatic hydroxyl groups is 1. The van der Waals surface area contributed by atoms with Crippen molar-refractivity contribution in [2.24, 2.45) is 0 Å². The number of nitrogens with zero attached hydrogens (tertiary/aromatic N) is 2. The number of aromatic nitrogens is 3. The van der Waals surface area contributed by atoms with Crippen molar-refractivity contribution in [2.45, 2.75) is 13.0 Å². The Morgan fingerprint density at radius 2 is 2.38 bits per heavy atom. The number of fused-ring (bicyclic) bond motifs is 1. The first-order valence-corrected chi connectivity index (χ1v) is 6.14. The minimum atomic E-state index is -0.226. The molecule has 0 radical (unpaired) electrons. The molecule has 0 aliphatic carbocycles. The van der Waals surface area contributed by atoms with Gasteiger partial charge in [0, 0.05) is 19.3 Å². The first-order valence-electron chi connectivity index (χ1n) is 4.68. The quantitative estimate of drug-likeness (QED) is 0.819. The van der Waals surface area contributed by atoms with E-state index in [-0.39, 0.29) is 12.3 Å². The van der Waals surface area contributed by atoms with Crippen molar-refractivity contribution in [2.75, 3.05) is 6.61 Å². The summed E-state index contributed by atoms with van der Waals surface area (Å²) in [4.78, 5) is 18.4. The van der Waals surface area contributed by atoms with Crippen LogP contribution in [0.25, 0.3) is 11.2 Å². The second kappa shape index (κ2) is 4.72. The molecule has 2 aromatic rings. The van der Waals surface area contributed by atoms with Gasteiger partial charge >= 0.3 is 5.69 Å². The van der Waals surface area contributed by atoms with E-state index in [1.54, 1.807) is 4.57 Å². The molecule has 2 heterocycles. The molecule has 0 atom stereocenters. The largest absolute Gasteiger partial charge is 0.396 e. The zero-order valence-electron chi connectivity index (χ0n) is 8.20. The van der Waals surface area contributed by atoms with E-state index in [2.05, 4.69) is 32.6 Å². The Bertz CT molecular complexity index is 578. The van der Waals surface area contributed by atoms with Gasteiger partial charge < -0.3 is 5.11 Å². The fourth-order valence-electron chi connectivity index (χ4n) is 1.51. The average molecular weight is 354 g/mol. The van der Waals surface area contributed by atoms with E-state index >= 15 is 0 Å². The minimum absolute atomic E-state index is 0.0453. The maximum atomic E-state index is 11.6. The summed E-state index contributed by atoms with van der Waals surface area (Å²) in [6.45, 7) is 0.497. The van der Waals surface area contributed by atoms with Crippen molar-refractivity contribution in [3.8, 4) is 0 Å². The lowest BCUT2D eigenvalue weighted by molar-refractivity contribution is 0.280. The summed E-state index contributed by atoms with van der Waals surface area (Å²) in [7, 11) is 0. The van der Waals surface area contributed by atoms with Crippen LogP contribution in [0.3, 0.4) is 0 Å². The zero-order chi connectivity index (χ0) is 11.7. The standard InChI is InChI=1S/C9H9ClIN3O2/c10-5-4-12-8-7(6(5)11)14(2-1-3-15)9(16)13-8/h4,15H,1-3H2,(H,12,13,16). The molecule has 0 aromatic carbocycles. The number of hydrogen-bond acceptors (Lipinski definition) is 3. The molecule has 2 rings (SSSR count). The summed E-state index contributed by atoms with van der Waals surface area (Å²) in [5.41, 5.74) is 0.999. The summed E-state index contributed by atoms with van der Waals surface area (Å²) >= 11 is 8.03. The van der Waals surface area contributed by atoms with E-state index < -0.39 is 0 Å². The summed E-state index contributed by atoms with van der Waals surface area (Å²) in [6.07, 6.45) is 2.04. The molecule has 0 saturated carbocycles. The number of aromatic amines is 1. The van der Waals surface area contributed by atoms with Gasteiger partial charge in [0.25, 0.3) is 0 Å². The number of hydrogen-bond donors (Lipinski definition) is 2. The number of aliphatic hydroxyl groups excluding tert-OH is 1. The predicted molar refractivity (Wildman–Crippen MR) is 69.8 cm³/mol. The third kappa shape index (κ3) is 1.96. The highest BCUT2D eigenvalue weighted by molar-refractivity contribution is 14.1. The van der Waals surface area contributed by atoms with Crippen LogP contribution in [0.1, 0.15) is 6.42 Å². The average Bonchev–Trinajstić information content (AvgIpc) is 2.58. The summed E-state index contributed by atoms with van der Waals surface area (Å²) in [6, 6.07) is 0. The van der Waals surface area contributed by atoms with Crippen LogP contribution in [0.4, 0.5) is 0 Å². The van der Waals surface area contributed by atoms with Crippen LogP contribution in [0.15, 0.2) is 11.0 Å². The number of imidazole rings is 1. The highest BCUT2D eigenvalue weighted by Crippen LogP contribution is 2.24. The number of aryl methyl sites for hydroxylation is 1. The molecule has 86 valence electrons. The number of halogens is 2. The molecule has 5 nitrogen and oxygen atoms in total. The number of nitrogens with one attached hydrogen (secondary N) is 1. The highest BCUT2D eigenvalue weighted by Gasteiger charge is 2.12. The lowest BCUT2D eigenvalue weighted by Gasteiger charge is -2.03. The Balaban J connectivity index is 2.66. The second-order valence-electron chi connectivity index (χ2n) is 3.28. The van der Waals surface area contributed by atoms with E-state index in [9.17, 15) is 4.79 Å². The molecule has 16 heavy (non-hydrogen) atoms. The van der Waals surface area contributed by atoms with Gasteiger partial charge in [-0.25, -0.2) is 9.78 Å². The zero-order valence-corrected chi connectivity index (χ0v) is 11.1. The van der Waals surface area contributed by atoms with Gasteiger partial charge in [-0.1, -0.05) is 11.6 Å². The first kappa shape index (κ1) is 11.9. The molecule has 2 N–H and O–H groups in total. The molecule has 0 spiro atoms. The number of H-pyrrole nitrogens is 1. The van der Waals surface area contributed by atoms with Crippen molar-refractivity contribution < 1.29 is 5.11 Å². The fourth-order valence-corrected chi connectivity index (χ4v) is 2.33. The van der Waals surface area contributed by atoms with Gasteiger partial charge in [0.2, 0.25) is 0 Å². The van der Waals surface area contributed by atoms with Crippen LogP contribution in [-0.2, 0) is 6.54 Å². The second-order valence-corrected chi connectivity index (χ2v) is 4.76. The molecule has 0 saturated heterocycles. The van der Waals surface area contributed by atoms with Crippen LogP contribution < -0.4 is 5.69 Å². The molecule has 7 heteroatoms. The Kier molecular flexibility index (Phi) is 3.50. The Morgan fingerprint density at radius 3 is 3.06 bits per heavy atom. The summed E-state index contributed by atoms with van der Waals surface area (Å²) in [5, 5.41) is 9.30. The molecule has 0 unspecified atom stereocenters. The van der Waals surface area contributed by atoms with Crippen LogP contribution in [-0.4, -0.2) is 26.2 Å². The van der Waals surface area contributed by atoms with Crippen LogP contribution in [0.2, 0.25) is 5.02 Å². The summed E-state index contributed by atoms with van der Waals surface area (Å²) < 4.78 is 2.34. The topological polar surface area (TPSA) is 70.9 Å². The SMILES string of the molecule is O=c1[nH]c2ncc(Cl)c(I)c2n1CCCO. The summed E-state index contributed by atoms with van der Waals surface area (Å²) in [5.74, 6) is 0. The van der Waals surface area contributed by atoms with Crippen LogP contribution in [0, 0.1) is 3.57 Å². The lowest BCUT2D eigenvalue weighted by atomic mass is 10.4. The van der Waals surface area contributed by atoms with Gasteiger partial charge in [-0.05, 0) is 29.0 Å². The van der Waals surface area contributed by atoms with Gasteiger partial charge in [0.1, 0.15) is 5.52 Å². The third-order valence-corrected chi connectivity index (χ3v) is 3.93. The van der Waals surface area contributed by atoms with Gasteiger partial charge in [0.15, 0.2) is 5.65 Å². The molecular weight excluding hydrogens is 344 g/mol. The lowest BCUT2D eigenvalue weighted by Crippen LogP contribution is -2.17. The maximum absolute atomic E-state index is 11.6. The number of rotatable bonds is 3. The molecule has 0 bridgehead atoms. The van der Waals surface area contributed by atoms with E-state index in [1.807, 2.05) is 0 Å². The third-order valence-electron chi connectivity index (χ3n) is 2.23. The smallest absolute Gasteiger partial charge is 0.327 e. The van der Waals surface area contributed by atoms with Gasteiger partial charge in [-0.3, -0.25) is 9.55 Å². The van der Waals surface area contributed by atoms with Crippen LogP contribution in [0.5, 0.6) is 0 Å². The van der Waals surface area contributed by atoms with E-state index in [1.165, 1.54) is 6.20 Å². The maximum Gasteiger partial charge on any atom is 0.327 e. The molecule has 0 fully saturated rings. The normalized spacial score (nSPS) is 11.2. The fraction of sp³-hybridized carbons (Fsp3) is 0.333.